The molecule has 3 heteroatoms. The lowest BCUT2D eigenvalue weighted by molar-refractivity contribution is 0.229. The molecule has 0 radical (unpaired) electrons. The van der Waals surface area contributed by atoms with Crippen molar-refractivity contribution in [2.24, 2.45) is 0 Å². The molecule has 1 aliphatic heterocycles. The molecule has 0 atom stereocenters. The van der Waals surface area contributed by atoms with Gasteiger partial charge in [-0.15, -0.1) is 0 Å². The minimum absolute atomic E-state index is 0.239. The van der Waals surface area contributed by atoms with Gasteiger partial charge in [-0.25, -0.2) is 0 Å². The molecule has 0 aliphatic carbocycles. The van der Waals surface area contributed by atoms with E-state index in [9.17, 15) is 0 Å². The first kappa shape index (κ1) is 15.3. The zero-order valence-corrected chi connectivity index (χ0v) is 12.9. The summed E-state index contributed by atoms with van der Waals surface area (Å²) in [6.07, 6.45) is 4.40. The van der Waals surface area contributed by atoms with Crippen LogP contribution in [0.1, 0.15) is 38.7 Å². The first-order valence-electron chi connectivity index (χ1n) is 7.93. The van der Waals surface area contributed by atoms with Gasteiger partial charge in [0.2, 0.25) is 0 Å². The van der Waals surface area contributed by atoms with Crippen molar-refractivity contribution >= 4 is 0 Å². The van der Waals surface area contributed by atoms with Gasteiger partial charge in [0.1, 0.15) is 5.75 Å². The lowest BCUT2D eigenvalue weighted by atomic mass is 10.1. The Morgan fingerprint density at radius 1 is 1.10 bits per heavy atom. The van der Waals surface area contributed by atoms with Crippen LogP contribution in [-0.4, -0.2) is 37.2 Å². The molecule has 0 saturated carbocycles. The van der Waals surface area contributed by atoms with Crippen molar-refractivity contribution in [2.45, 2.75) is 45.8 Å². The highest BCUT2D eigenvalue weighted by atomic mass is 16.5. The Kier molecular flexibility index (Phi) is 6.34. The number of hydrogen-bond acceptors (Lipinski definition) is 3. The fraction of sp³-hybridized carbons (Fsp3) is 0.647. The van der Waals surface area contributed by atoms with Crippen LogP contribution in [0.2, 0.25) is 0 Å². The molecule has 1 aromatic carbocycles. The van der Waals surface area contributed by atoms with Crippen molar-refractivity contribution in [3.63, 3.8) is 0 Å². The van der Waals surface area contributed by atoms with E-state index in [1.165, 1.54) is 44.5 Å². The highest BCUT2D eigenvalue weighted by Gasteiger charge is 2.08. The fourth-order valence-corrected chi connectivity index (χ4v) is 2.61. The van der Waals surface area contributed by atoms with E-state index in [2.05, 4.69) is 48.3 Å². The van der Waals surface area contributed by atoms with Gasteiger partial charge in [0.25, 0.3) is 0 Å². The summed E-state index contributed by atoms with van der Waals surface area (Å²) in [5.74, 6) is 0.956. The van der Waals surface area contributed by atoms with E-state index in [-0.39, 0.29) is 6.10 Å². The number of benzene rings is 1. The maximum absolute atomic E-state index is 5.65. The molecule has 0 bridgehead atoms. The van der Waals surface area contributed by atoms with Crippen molar-refractivity contribution in [3.8, 4) is 5.75 Å². The molecule has 1 fully saturated rings. The van der Waals surface area contributed by atoms with Gasteiger partial charge in [0.05, 0.1) is 6.10 Å². The highest BCUT2D eigenvalue weighted by molar-refractivity contribution is 5.27. The van der Waals surface area contributed by atoms with E-state index in [1.807, 2.05) is 0 Å². The molecule has 2 rings (SSSR count). The number of likely N-dealkylation sites (tertiary alicyclic amines) is 1. The van der Waals surface area contributed by atoms with Crippen LogP contribution in [0.15, 0.2) is 24.3 Å². The second-order valence-electron chi connectivity index (χ2n) is 5.89. The Hall–Kier alpha value is -1.06. The highest BCUT2D eigenvalue weighted by Crippen LogP contribution is 2.13. The first-order chi connectivity index (χ1) is 9.74. The van der Waals surface area contributed by atoms with Crippen molar-refractivity contribution < 1.29 is 4.74 Å². The van der Waals surface area contributed by atoms with Crippen LogP contribution in [0.4, 0.5) is 0 Å². The van der Waals surface area contributed by atoms with Crippen molar-refractivity contribution in [1.82, 2.24) is 10.2 Å². The summed E-state index contributed by atoms with van der Waals surface area (Å²) in [6.45, 7) is 9.85. The average Bonchev–Trinajstić information content (AvgIpc) is 2.46. The number of nitrogens with one attached hydrogen (secondary N) is 1. The molecule has 20 heavy (non-hydrogen) atoms. The average molecular weight is 276 g/mol. The summed E-state index contributed by atoms with van der Waals surface area (Å²) in [5.41, 5.74) is 1.32. The van der Waals surface area contributed by atoms with Gasteiger partial charge >= 0.3 is 0 Å². The zero-order valence-electron chi connectivity index (χ0n) is 12.9. The monoisotopic (exact) mass is 276 g/mol. The maximum atomic E-state index is 5.65. The van der Waals surface area contributed by atoms with Gasteiger partial charge in [0.15, 0.2) is 0 Å². The molecule has 1 aliphatic rings. The van der Waals surface area contributed by atoms with Crippen LogP contribution in [0.5, 0.6) is 5.75 Å². The van der Waals surface area contributed by atoms with Gasteiger partial charge in [-0.3, -0.25) is 0 Å². The summed E-state index contributed by atoms with van der Waals surface area (Å²) >= 11 is 0. The molecule has 1 heterocycles. The molecule has 1 N–H and O–H groups in total. The van der Waals surface area contributed by atoms with Gasteiger partial charge in [-0.05, 0) is 57.5 Å². The molecule has 0 spiro atoms. The Morgan fingerprint density at radius 3 is 2.45 bits per heavy atom. The third-order valence-corrected chi connectivity index (χ3v) is 3.68. The third-order valence-electron chi connectivity index (χ3n) is 3.68. The smallest absolute Gasteiger partial charge is 0.119 e. The topological polar surface area (TPSA) is 24.5 Å². The summed E-state index contributed by atoms with van der Waals surface area (Å²) < 4.78 is 5.65. The number of ether oxygens (including phenoxy) is 1. The number of hydrogen-bond donors (Lipinski definition) is 1. The zero-order chi connectivity index (χ0) is 14.2. The minimum Gasteiger partial charge on any atom is -0.491 e. The summed E-state index contributed by atoms with van der Waals surface area (Å²) in [5, 5.41) is 3.53. The molecule has 0 amide bonds. The van der Waals surface area contributed by atoms with Crippen molar-refractivity contribution in [1.29, 1.82) is 0 Å². The number of nitrogens with zero attached hydrogens (tertiary/aromatic N) is 1. The Labute approximate surface area is 123 Å². The van der Waals surface area contributed by atoms with Crippen LogP contribution in [0, 0.1) is 0 Å². The summed E-state index contributed by atoms with van der Waals surface area (Å²) in [6, 6.07) is 8.40. The number of rotatable bonds is 7. The maximum Gasteiger partial charge on any atom is 0.119 e. The van der Waals surface area contributed by atoms with Crippen LogP contribution < -0.4 is 10.1 Å². The van der Waals surface area contributed by atoms with Crippen LogP contribution in [-0.2, 0) is 6.54 Å². The standard InChI is InChI=1S/C17H28N2O/c1-15(2)20-17-8-6-16(7-9-17)14-18-10-13-19-11-4-3-5-12-19/h6-9,15,18H,3-5,10-14H2,1-2H3. The molecular formula is C17H28N2O. The van der Waals surface area contributed by atoms with Crippen LogP contribution >= 0.6 is 0 Å². The fourth-order valence-electron chi connectivity index (χ4n) is 2.61. The van der Waals surface area contributed by atoms with Gasteiger partial charge in [-0.2, -0.15) is 0 Å². The normalized spacial score (nSPS) is 16.6. The molecule has 1 aromatic rings. The van der Waals surface area contributed by atoms with Crippen LogP contribution in [0.3, 0.4) is 0 Å². The molecular weight excluding hydrogens is 248 g/mol. The lowest BCUT2D eigenvalue weighted by Gasteiger charge is -2.26. The van der Waals surface area contributed by atoms with E-state index in [0.29, 0.717) is 0 Å². The summed E-state index contributed by atoms with van der Waals surface area (Å²) in [4.78, 5) is 2.57. The number of piperidine rings is 1. The van der Waals surface area contributed by atoms with Gasteiger partial charge in [0, 0.05) is 19.6 Å². The molecule has 3 nitrogen and oxygen atoms in total. The predicted octanol–water partition coefficient (Wildman–Crippen LogP) is 3.05. The van der Waals surface area contributed by atoms with E-state index < -0.39 is 0 Å². The van der Waals surface area contributed by atoms with E-state index >= 15 is 0 Å². The molecule has 1 saturated heterocycles. The minimum atomic E-state index is 0.239. The molecule has 112 valence electrons. The Bertz CT molecular complexity index is 369. The van der Waals surface area contributed by atoms with Gasteiger partial charge in [-0.1, -0.05) is 18.6 Å². The van der Waals surface area contributed by atoms with Crippen molar-refractivity contribution in [3.05, 3.63) is 29.8 Å². The van der Waals surface area contributed by atoms with E-state index in [1.54, 1.807) is 0 Å². The second kappa shape index (κ2) is 8.28. The lowest BCUT2D eigenvalue weighted by Crippen LogP contribution is -2.35. The van der Waals surface area contributed by atoms with E-state index in [0.717, 1.165) is 18.8 Å². The SMILES string of the molecule is CC(C)Oc1ccc(CNCCN2CCCCC2)cc1. The van der Waals surface area contributed by atoms with Gasteiger partial charge < -0.3 is 15.0 Å². The largest absolute Gasteiger partial charge is 0.491 e. The quantitative estimate of drug-likeness (QED) is 0.775. The molecule has 0 unspecified atom stereocenters. The van der Waals surface area contributed by atoms with Crippen molar-refractivity contribution in [2.75, 3.05) is 26.2 Å². The second-order valence-corrected chi connectivity index (χ2v) is 5.89. The van der Waals surface area contributed by atoms with E-state index in [4.69, 9.17) is 4.74 Å². The van der Waals surface area contributed by atoms with Crippen LogP contribution in [0.25, 0.3) is 0 Å². The Balaban J connectivity index is 1.63. The first-order valence-corrected chi connectivity index (χ1v) is 7.93. The summed E-state index contributed by atoms with van der Waals surface area (Å²) in [7, 11) is 0. The predicted molar refractivity (Wildman–Crippen MR) is 84.2 cm³/mol. The Morgan fingerprint density at radius 2 is 1.80 bits per heavy atom. The molecule has 0 aromatic heterocycles. The third kappa shape index (κ3) is 5.51.